The molecule has 3 atom stereocenters. The summed E-state index contributed by atoms with van der Waals surface area (Å²) in [5, 5.41) is 33.3. The molecule has 9 nitrogen and oxygen atoms in total. The molecule has 1 aromatic rings. The second kappa shape index (κ2) is 15.0. The standard InChI is InChI=1S/C29H41IN2O7/c1-18(2)12-26(35)32(21-8-6-4-5-7-9-21)23-15-20(29(37)31-10-11-33)16-24(27(23)36)39-28-22(30)13-19(17-34)14-25(28)38-3/h12-14,16,21,23-24,27,33-34,36H,4-11,15,17H2,1-3H3,(H,31,37). The molecular formula is C29H41IN2O7. The summed E-state index contributed by atoms with van der Waals surface area (Å²) >= 11 is 2.08. The van der Waals surface area contributed by atoms with Gasteiger partial charge >= 0.3 is 0 Å². The summed E-state index contributed by atoms with van der Waals surface area (Å²) in [7, 11) is 1.50. The molecule has 0 saturated heterocycles. The first kappa shape index (κ1) is 31.4. The number of carbonyl (C=O) groups excluding carboxylic acids is 2. The number of ether oxygens (including phenoxy) is 2. The number of methoxy groups -OCH3 is 1. The molecule has 2 aliphatic rings. The van der Waals surface area contributed by atoms with Gasteiger partial charge in [-0.2, -0.15) is 0 Å². The third kappa shape index (κ3) is 8.18. The fraction of sp³-hybridized carbons (Fsp3) is 0.586. The van der Waals surface area contributed by atoms with E-state index in [2.05, 4.69) is 27.9 Å². The number of aliphatic hydroxyl groups excluding tert-OH is 3. The van der Waals surface area contributed by atoms with Crippen molar-refractivity contribution in [3.8, 4) is 11.5 Å². The maximum absolute atomic E-state index is 13.6. The van der Waals surface area contributed by atoms with Crippen LogP contribution in [0, 0.1) is 3.57 Å². The van der Waals surface area contributed by atoms with Gasteiger partial charge in [-0.3, -0.25) is 9.59 Å². The van der Waals surface area contributed by atoms with E-state index in [1.165, 1.54) is 7.11 Å². The Morgan fingerprint density at radius 1 is 1.15 bits per heavy atom. The van der Waals surface area contributed by atoms with Gasteiger partial charge < -0.3 is 35.0 Å². The summed E-state index contributed by atoms with van der Waals surface area (Å²) < 4.78 is 12.5. The lowest BCUT2D eigenvalue weighted by Crippen LogP contribution is -2.57. The van der Waals surface area contributed by atoms with Gasteiger partial charge in [0.1, 0.15) is 12.2 Å². The van der Waals surface area contributed by atoms with Crippen LogP contribution in [0.4, 0.5) is 0 Å². The molecule has 0 radical (unpaired) electrons. The molecule has 216 valence electrons. The van der Waals surface area contributed by atoms with E-state index in [-0.39, 0.29) is 44.0 Å². The highest BCUT2D eigenvalue weighted by molar-refractivity contribution is 14.1. The predicted octanol–water partition coefficient (Wildman–Crippen LogP) is 3.23. The molecule has 2 amide bonds. The van der Waals surface area contributed by atoms with Gasteiger partial charge in [-0.1, -0.05) is 31.3 Å². The molecule has 0 spiro atoms. The van der Waals surface area contributed by atoms with E-state index in [9.17, 15) is 24.9 Å². The molecule has 0 aromatic heterocycles. The lowest BCUT2D eigenvalue weighted by atomic mass is 9.86. The van der Waals surface area contributed by atoms with Crippen molar-refractivity contribution in [1.82, 2.24) is 10.2 Å². The van der Waals surface area contributed by atoms with Crippen LogP contribution >= 0.6 is 22.6 Å². The van der Waals surface area contributed by atoms with Crippen molar-refractivity contribution in [1.29, 1.82) is 0 Å². The van der Waals surface area contributed by atoms with Crippen molar-refractivity contribution in [2.45, 2.75) is 89.7 Å². The molecule has 10 heteroatoms. The highest BCUT2D eigenvalue weighted by Crippen LogP contribution is 2.38. The zero-order valence-electron chi connectivity index (χ0n) is 23.0. The third-order valence-electron chi connectivity index (χ3n) is 7.18. The summed E-state index contributed by atoms with van der Waals surface area (Å²) in [5.74, 6) is 0.215. The van der Waals surface area contributed by atoms with Crippen molar-refractivity contribution in [2.75, 3.05) is 20.3 Å². The molecule has 4 N–H and O–H groups in total. The van der Waals surface area contributed by atoms with Crippen LogP contribution in [0.5, 0.6) is 11.5 Å². The van der Waals surface area contributed by atoms with Crippen molar-refractivity contribution in [3.63, 3.8) is 0 Å². The average Bonchev–Trinajstić information content (AvgIpc) is 3.19. The van der Waals surface area contributed by atoms with Gasteiger partial charge in [0.05, 0.1) is 29.9 Å². The summed E-state index contributed by atoms with van der Waals surface area (Å²) in [4.78, 5) is 28.5. The Balaban J connectivity index is 2.05. The number of aliphatic hydroxyl groups is 3. The maximum atomic E-state index is 13.6. The van der Waals surface area contributed by atoms with Crippen LogP contribution in [0.3, 0.4) is 0 Å². The van der Waals surface area contributed by atoms with Crippen LogP contribution in [-0.4, -0.2) is 76.6 Å². The van der Waals surface area contributed by atoms with Crippen LogP contribution in [0.2, 0.25) is 0 Å². The van der Waals surface area contributed by atoms with Crippen LogP contribution in [-0.2, 0) is 16.2 Å². The van der Waals surface area contributed by atoms with E-state index in [1.807, 2.05) is 13.8 Å². The predicted molar refractivity (Wildman–Crippen MR) is 156 cm³/mol. The van der Waals surface area contributed by atoms with Gasteiger partial charge in [0.15, 0.2) is 11.5 Å². The van der Waals surface area contributed by atoms with E-state index in [0.29, 0.717) is 26.2 Å². The second-order valence-corrected chi connectivity index (χ2v) is 11.6. The van der Waals surface area contributed by atoms with Crippen molar-refractivity contribution < 1.29 is 34.4 Å². The number of allylic oxidation sites excluding steroid dienone is 1. The Bertz CT molecular complexity index is 1060. The number of hydrogen-bond acceptors (Lipinski definition) is 7. The van der Waals surface area contributed by atoms with Crippen LogP contribution in [0.15, 0.2) is 35.4 Å². The van der Waals surface area contributed by atoms with Gasteiger partial charge in [-0.05, 0) is 73.1 Å². The summed E-state index contributed by atoms with van der Waals surface area (Å²) in [6.07, 6.45) is 7.17. The minimum Gasteiger partial charge on any atom is -0.493 e. The molecule has 1 aromatic carbocycles. The van der Waals surface area contributed by atoms with E-state index in [1.54, 1.807) is 29.2 Å². The Morgan fingerprint density at radius 3 is 2.44 bits per heavy atom. The number of halogens is 1. The molecule has 0 heterocycles. The van der Waals surface area contributed by atoms with E-state index >= 15 is 0 Å². The molecule has 0 bridgehead atoms. The first-order valence-corrected chi connectivity index (χ1v) is 14.7. The highest BCUT2D eigenvalue weighted by Gasteiger charge is 2.43. The van der Waals surface area contributed by atoms with Crippen LogP contribution in [0.1, 0.15) is 64.4 Å². The van der Waals surface area contributed by atoms with Crippen molar-refractivity contribution in [2.24, 2.45) is 0 Å². The first-order chi connectivity index (χ1) is 18.7. The lowest BCUT2D eigenvalue weighted by Gasteiger charge is -2.44. The Morgan fingerprint density at radius 2 is 1.85 bits per heavy atom. The molecule has 1 saturated carbocycles. The number of benzene rings is 1. The van der Waals surface area contributed by atoms with E-state index < -0.39 is 18.2 Å². The van der Waals surface area contributed by atoms with Gasteiger partial charge in [0.2, 0.25) is 11.8 Å². The Labute approximate surface area is 244 Å². The maximum Gasteiger partial charge on any atom is 0.247 e. The van der Waals surface area contributed by atoms with Gasteiger partial charge in [0, 0.05) is 30.7 Å². The number of nitrogens with one attached hydrogen (secondary N) is 1. The quantitative estimate of drug-likeness (QED) is 0.173. The van der Waals surface area contributed by atoms with Crippen molar-refractivity contribution in [3.05, 3.63) is 44.6 Å². The number of amides is 2. The lowest BCUT2D eigenvalue weighted by molar-refractivity contribution is -0.137. The minimum atomic E-state index is -1.12. The van der Waals surface area contributed by atoms with E-state index in [0.717, 1.165) is 44.1 Å². The van der Waals surface area contributed by atoms with Gasteiger partial charge in [-0.25, -0.2) is 0 Å². The normalized spacial score (nSPS) is 21.8. The average molecular weight is 657 g/mol. The van der Waals surface area contributed by atoms with Crippen LogP contribution < -0.4 is 14.8 Å². The topological polar surface area (TPSA) is 129 Å². The van der Waals surface area contributed by atoms with Gasteiger partial charge in [0.25, 0.3) is 0 Å². The first-order valence-electron chi connectivity index (χ1n) is 13.6. The molecule has 3 rings (SSSR count). The summed E-state index contributed by atoms with van der Waals surface area (Å²) in [6.45, 7) is 3.45. The molecule has 1 fully saturated rings. The summed E-state index contributed by atoms with van der Waals surface area (Å²) in [6, 6.07) is 2.68. The zero-order chi connectivity index (χ0) is 28.5. The molecule has 39 heavy (non-hydrogen) atoms. The fourth-order valence-electron chi connectivity index (χ4n) is 5.33. The smallest absolute Gasteiger partial charge is 0.247 e. The number of rotatable bonds is 10. The number of nitrogens with zero attached hydrogens (tertiary/aromatic N) is 1. The van der Waals surface area contributed by atoms with Crippen LogP contribution in [0.25, 0.3) is 0 Å². The number of carbonyl (C=O) groups is 2. The SMILES string of the molecule is COc1cc(CO)cc(I)c1OC1C=C(C(=O)NCCO)CC(N(C(=O)C=C(C)C)C2CCCCCC2)C1O. The molecule has 3 unspecified atom stereocenters. The molecule has 0 aliphatic heterocycles. The second-order valence-electron chi connectivity index (χ2n) is 10.4. The Kier molecular flexibility index (Phi) is 12.1. The van der Waals surface area contributed by atoms with Gasteiger partial charge in [-0.15, -0.1) is 0 Å². The van der Waals surface area contributed by atoms with E-state index in [4.69, 9.17) is 9.47 Å². The minimum absolute atomic E-state index is 0.0609. The van der Waals surface area contributed by atoms with Crippen molar-refractivity contribution >= 4 is 34.4 Å². The molecule has 2 aliphatic carbocycles. The fourth-order valence-corrected chi connectivity index (χ4v) is 6.13. The largest absolute Gasteiger partial charge is 0.493 e. The number of hydrogen-bond donors (Lipinski definition) is 4. The zero-order valence-corrected chi connectivity index (χ0v) is 25.1. The molecular weight excluding hydrogens is 615 g/mol. The monoisotopic (exact) mass is 656 g/mol. The highest BCUT2D eigenvalue weighted by atomic mass is 127. The third-order valence-corrected chi connectivity index (χ3v) is 7.98. The summed E-state index contributed by atoms with van der Waals surface area (Å²) in [5.41, 5.74) is 1.89. The Hall–Kier alpha value is -2.15.